The van der Waals surface area contributed by atoms with Gasteiger partial charge in [0.1, 0.15) is 17.9 Å². The van der Waals surface area contributed by atoms with E-state index in [9.17, 15) is 9.59 Å². The molecule has 154 valence electrons. The van der Waals surface area contributed by atoms with Gasteiger partial charge in [-0.15, -0.1) is 0 Å². The number of imide groups is 1. The first-order chi connectivity index (χ1) is 14.7. The van der Waals surface area contributed by atoms with Crippen LogP contribution in [-0.4, -0.2) is 43.0 Å². The zero-order valence-corrected chi connectivity index (χ0v) is 16.7. The molecule has 3 atom stereocenters. The maximum Gasteiger partial charge on any atom is 0.234 e. The van der Waals surface area contributed by atoms with Gasteiger partial charge in [0.05, 0.1) is 12.2 Å². The maximum atomic E-state index is 12.4. The Morgan fingerprint density at radius 2 is 2.00 bits per heavy atom. The van der Waals surface area contributed by atoms with Crippen molar-refractivity contribution in [1.82, 2.24) is 10.2 Å². The van der Waals surface area contributed by atoms with E-state index in [4.69, 9.17) is 9.15 Å². The third-order valence-corrected chi connectivity index (χ3v) is 6.90. The van der Waals surface area contributed by atoms with Crippen LogP contribution in [0.1, 0.15) is 30.7 Å². The van der Waals surface area contributed by atoms with Gasteiger partial charge in [-0.2, -0.15) is 0 Å². The number of nitrogens with one attached hydrogen (secondary N) is 1. The fourth-order valence-corrected chi connectivity index (χ4v) is 5.18. The molecule has 0 spiro atoms. The van der Waals surface area contributed by atoms with Gasteiger partial charge in [-0.05, 0) is 59.7 Å². The molecule has 3 aliphatic rings. The molecule has 2 saturated heterocycles. The molecule has 6 heteroatoms. The summed E-state index contributed by atoms with van der Waals surface area (Å²) in [5, 5.41) is 5.48. The molecule has 30 heavy (non-hydrogen) atoms. The number of hydrogen-bond acceptors (Lipinski definition) is 5. The first kappa shape index (κ1) is 18.0. The summed E-state index contributed by atoms with van der Waals surface area (Å²) in [6.45, 7) is 4.13. The lowest BCUT2D eigenvalue weighted by atomic mass is 9.89. The number of furan rings is 1. The quantitative estimate of drug-likeness (QED) is 0.660. The fourth-order valence-electron chi connectivity index (χ4n) is 5.18. The predicted octanol–water partition coefficient (Wildman–Crippen LogP) is 3.44. The molecule has 1 aromatic heterocycles. The molecule has 1 saturated carbocycles. The Kier molecular flexibility index (Phi) is 4.09. The van der Waals surface area contributed by atoms with E-state index in [-0.39, 0.29) is 17.7 Å². The van der Waals surface area contributed by atoms with Crippen molar-refractivity contribution in [2.45, 2.75) is 25.2 Å². The smallest absolute Gasteiger partial charge is 0.234 e. The third-order valence-electron chi connectivity index (χ3n) is 6.90. The molecule has 3 unspecified atom stereocenters. The second-order valence-corrected chi connectivity index (χ2v) is 8.88. The molecule has 6 nitrogen and oxygen atoms in total. The Bertz CT molecular complexity index is 1160. The number of fused-ring (bicyclic) bond motifs is 4. The van der Waals surface area contributed by atoms with Crippen LogP contribution < -0.4 is 10.1 Å². The average molecular weight is 404 g/mol. The maximum absolute atomic E-state index is 12.4. The van der Waals surface area contributed by atoms with Crippen molar-refractivity contribution < 1.29 is 18.7 Å². The molecule has 2 aliphatic heterocycles. The van der Waals surface area contributed by atoms with E-state index in [1.807, 2.05) is 24.3 Å². The molecule has 3 aromatic rings. The highest BCUT2D eigenvalue weighted by Gasteiger charge is 2.44. The highest BCUT2D eigenvalue weighted by molar-refractivity contribution is 6.10. The Morgan fingerprint density at radius 1 is 1.13 bits per heavy atom. The summed E-state index contributed by atoms with van der Waals surface area (Å²) < 4.78 is 11.8. The lowest BCUT2D eigenvalue weighted by molar-refractivity contribution is -0.134. The SMILES string of the molecule is O=C1CCC(c2coc3ccc4cc(OCCN5CC6CC6C5)ccc4c23)C(=O)N1. The summed E-state index contributed by atoms with van der Waals surface area (Å²) in [5.74, 6) is 1.93. The molecule has 1 aliphatic carbocycles. The van der Waals surface area contributed by atoms with Crippen LogP contribution in [0, 0.1) is 11.8 Å². The molecule has 3 heterocycles. The summed E-state index contributed by atoms with van der Waals surface area (Å²) in [6, 6.07) is 10.1. The second kappa shape index (κ2) is 6.84. The number of rotatable bonds is 5. The van der Waals surface area contributed by atoms with Crippen LogP contribution >= 0.6 is 0 Å². The lowest BCUT2D eigenvalue weighted by Crippen LogP contribution is -2.39. The summed E-state index contributed by atoms with van der Waals surface area (Å²) in [6.07, 6.45) is 3.94. The molecule has 1 N–H and O–H groups in total. The standard InChI is InChI=1S/C24H24N2O4/c27-22-6-4-19(24(28)25-22)20-13-30-21-5-1-14-10-17(2-3-18(14)23(20)21)29-8-7-26-11-15-9-16(15)12-26/h1-3,5,10,13,15-16,19H,4,6-9,11-12H2,(H,25,27,28). The van der Waals surface area contributed by atoms with Gasteiger partial charge in [0.2, 0.25) is 11.8 Å². The van der Waals surface area contributed by atoms with Crippen LogP contribution in [0.3, 0.4) is 0 Å². The number of carbonyl (C=O) groups excluding carboxylic acids is 2. The molecule has 6 rings (SSSR count). The molecule has 0 radical (unpaired) electrons. The van der Waals surface area contributed by atoms with Crippen molar-refractivity contribution in [3.8, 4) is 5.75 Å². The first-order valence-electron chi connectivity index (χ1n) is 10.8. The van der Waals surface area contributed by atoms with Gasteiger partial charge < -0.3 is 9.15 Å². The highest BCUT2D eigenvalue weighted by Crippen LogP contribution is 2.44. The molecule has 3 fully saturated rings. The van der Waals surface area contributed by atoms with Crippen LogP contribution in [0.2, 0.25) is 0 Å². The summed E-state index contributed by atoms with van der Waals surface area (Å²) in [4.78, 5) is 26.4. The van der Waals surface area contributed by atoms with E-state index in [1.165, 1.54) is 19.5 Å². The molecule has 0 bridgehead atoms. The summed E-state index contributed by atoms with van der Waals surface area (Å²) in [7, 11) is 0. The minimum Gasteiger partial charge on any atom is -0.492 e. The Labute approximate surface area is 174 Å². The van der Waals surface area contributed by atoms with Crippen LogP contribution in [0.15, 0.2) is 41.0 Å². The molecule has 2 aromatic carbocycles. The lowest BCUT2D eigenvalue weighted by Gasteiger charge is -2.20. The van der Waals surface area contributed by atoms with E-state index in [0.29, 0.717) is 19.4 Å². The largest absolute Gasteiger partial charge is 0.492 e. The van der Waals surface area contributed by atoms with Crippen molar-refractivity contribution in [3.63, 3.8) is 0 Å². The van der Waals surface area contributed by atoms with Crippen LogP contribution in [0.5, 0.6) is 5.75 Å². The number of carbonyl (C=O) groups is 2. The normalized spacial score (nSPS) is 26.2. The summed E-state index contributed by atoms with van der Waals surface area (Å²) in [5.41, 5.74) is 1.60. The van der Waals surface area contributed by atoms with Gasteiger partial charge in [-0.25, -0.2) is 0 Å². The zero-order chi connectivity index (χ0) is 20.2. The van der Waals surface area contributed by atoms with Crippen LogP contribution in [0.25, 0.3) is 21.7 Å². The van der Waals surface area contributed by atoms with Crippen LogP contribution in [-0.2, 0) is 9.59 Å². The van der Waals surface area contributed by atoms with Crippen molar-refractivity contribution in [2.75, 3.05) is 26.2 Å². The van der Waals surface area contributed by atoms with E-state index < -0.39 is 0 Å². The number of piperidine rings is 2. The number of amides is 2. The Balaban J connectivity index is 1.25. The van der Waals surface area contributed by atoms with E-state index in [1.54, 1.807) is 6.26 Å². The van der Waals surface area contributed by atoms with Gasteiger partial charge >= 0.3 is 0 Å². The highest BCUT2D eigenvalue weighted by atomic mass is 16.5. The monoisotopic (exact) mass is 404 g/mol. The van der Waals surface area contributed by atoms with Gasteiger partial charge in [0, 0.05) is 37.0 Å². The number of likely N-dealkylation sites (tertiary alicyclic amines) is 1. The number of benzene rings is 2. The zero-order valence-electron chi connectivity index (χ0n) is 16.7. The van der Waals surface area contributed by atoms with E-state index in [2.05, 4.69) is 16.3 Å². The topological polar surface area (TPSA) is 71.8 Å². The third kappa shape index (κ3) is 3.06. The Hall–Kier alpha value is -2.86. The van der Waals surface area contributed by atoms with E-state index in [0.717, 1.165) is 51.4 Å². The minimum atomic E-state index is -0.364. The first-order valence-corrected chi connectivity index (χ1v) is 10.8. The molecule has 2 amide bonds. The van der Waals surface area contributed by atoms with E-state index >= 15 is 0 Å². The van der Waals surface area contributed by atoms with Gasteiger partial charge in [0.15, 0.2) is 0 Å². The van der Waals surface area contributed by atoms with Crippen molar-refractivity contribution in [3.05, 3.63) is 42.2 Å². The fraction of sp³-hybridized carbons (Fsp3) is 0.417. The van der Waals surface area contributed by atoms with Crippen molar-refractivity contribution in [2.24, 2.45) is 11.8 Å². The summed E-state index contributed by atoms with van der Waals surface area (Å²) >= 11 is 0. The molecular formula is C24H24N2O4. The number of hydrogen-bond donors (Lipinski definition) is 1. The average Bonchev–Trinajstić information content (AvgIpc) is 3.14. The predicted molar refractivity (Wildman–Crippen MR) is 112 cm³/mol. The van der Waals surface area contributed by atoms with Crippen molar-refractivity contribution in [1.29, 1.82) is 0 Å². The second-order valence-electron chi connectivity index (χ2n) is 8.88. The van der Waals surface area contributed by atoms with Gasteiger partial charge in [-0.3, -0.25) is 19.8 Å². The van der Waals surface area contributed by atoms with Gasteiger partial charge in [0.25, 0.3) is 0 Å². The van der Waals surface area contributed by atoms with Crippen LogP contribution in [0.4, 0.5) is 0 Å². The molecular weight excluding hydrogens is 380 g/mol. The number of ether oxygens (including phenoxy) is 1. The Morgan fingerprint density at radius 3 is 2.83 bits per heavy atom. The van der Waals surface area contributed by atoms with Gasteiger partial charge in [-0.1, -0.05) is 6.07 Å². The van der Waals surface area contributed by atoms with Crippen molar-refractivity contribution >= 4 is 33.6 Å². The number of nitrogens with zero attached hydrogens (tertiary/aromatic N) is 1. The minimum absolute atomic E-state index is 0.207.